The molecule has 1 N–H and O–H groups in total. The van der Waals surface area contributed by atoms with Crippen molar-refractivity contribution < 1.29 is 4.79 Å². The van der Waals surface area contributed by atoms with E-state index in [4.69, 9.17) is 0 Å². The fraction of sp³-hybridized carbons (Fsp3) is 0.357. The predicted molar refractivity (Wildman–Crippen MR) is 65.2 cm³/mol. The van der Waals surface area contributed by atoms with E-state index in [0.717, 1.165) is 0 Å². The number of carbonyl (C=O) groups excluding carboxylic acids is 1. The lowest BCUT2D eigenvalue weighted by molar-refractivity contribution is -0.117. The molecule has 0 aliphatic heterocycles. The molecule has 0 fully saturated rings. The average molecular weight is 215 g/mol. The van der Waals surface area contributed by atoms with Gasteiger partial charge in [-0.3, -0.25) is 4.79 Å². The van der Waals surface area contributed by atoms with Crippen molar-refractivity contribution in [2.75, 3.05) is 0 Å². The molecule has 1 amide bonds. The Morgan fingerprint density at radius 2 is 2.19 bits per heavy atom. The Balaban J connectivity index is 2.14. The van der Waals surface area contributed by atoms with Crippen LogP contribution in [0.3, 0.4) is 0 Å². The first kappa shape index (κ1) is 10.9. The molecule has 0 heterocycles. The third-order valence-corrected chi connectivity index (χ3v) is 3.17. The first-order valence-corrected chi connectivity index (χ1v) is 5.75. The number of rotatable bonds is 3. The van der Waals surface area contributed by atoms with Crippen molar-refractivity contribution in [3.05, 3.63) is 47.5 Å². The molecule has 1 aromatic carbocycles. The standard InChI is InChI=1S/C14H17NO/c1-3-14(16)15-10(2)12-8-7-11-5-4-6-13(11)9-12/h3,7-10H,1,4-6H2,2H3,(H,15,16). The number of benzene rings is 1. The summed E-state index contributed by atoms with van der Waals surface area (Å²) in [7, 11) is 0. The van der Waals surface area contributed by atoms with Crippen molar-refractivity contribution in [3.63, 3.8) is 0 Å². The minimum atomic E-state index is -0.118. The highest BCUT2D eigenvalue weighted by Gasteiger charge is 2.13. The summed E-state index contributed by atoms with van der Waals surface area (Å²) in [5, 5.41) is 2.88. The zero-order valence-corrected chi connectivity index (χ0v) is 9.62. The SMILES string of the molecule is C=CC(=O)NC(C)c1ccc2c(c1)CCC2. The Labute approximate surface area is 96.4 Å². The normalized spacial score (nSPS) is 15.3. The van der Waals surface area contributed by atoms with Crippen molar-refractivity contribution in [1.82, 2.24) is 5.32 Å². The largest absolute Gasteiger partial charge is 0.346 e. The van der Waals surface area contributed by atoms with Crippen LogP contribution in [0.5, 0.6) is 0 Å². The van der Waals surface area contributed by atoms with Crippen molar-refractivity contribution in [2.45, 2.75) is 32.2 Å². The summed E-state index contributed by atoms with van der Waals surface area (Å²) in [5.74, 6) is -0.118. The van der Waals surface area contributed by atoms with Crippen LogP contribution in [-0.2, 0) is 17.6 Å². The van der Waals surface area contributed by atoms with E-state index >= 15 is 0 Å². The van der Waals surface area contributed by atoms with Gasteiger partial charge in [0.1, 0.15) is 0 Å². The number of hydrogen-bond donors (Lipinski definition) is 1. The summed E-state index contributed by atoms with van der Waals surface area (Å²) < 4.78 is 0. The molecule has 1 unspecified atom stereocenters. The molecule has 0 spiro atoms. The molecular formula is C14H17NO. The number of aryl methyl sites for hydroxylation is 2. The van der Waals surface area contributed by atoms with E-state index in [9.17, 15) is 4.79 Å². The Morgan fingerprint density at radius 1 is 1.44 bits per heavy atom. The summed E-state index contributed by atoms with van der Waals surface area (Å²) in [6.45, 7) is 5.45. The second-order valence-electron chi connectivity index (χ2n) is 4.32. The zero-order valence-electron chi connectivity index (χ0n) is 9.62. The van der Waals surface area contributed by atoms with E-state index < -0.39 is 0 Å². The zero-order chi connectivity index (χ0) is 11.5. The van der Waals surface area contributed by atoms with E-state index in [1.54, 1.807) is 0 Å². The van der Waals surface area contributed by atoms with Crippen LogP contribution in [0.4, 0.5) is 0 Å². The average Bonchev–Trinajstić information content (AvgIpc) is 2.75. The molecule has 84 valence electrons. The number of amides is 1. The highest BCUT2D eigenvalue weighted by molar-refractivity contribution is 5.87. The van der Waals surface area contributed by atoms with Crippen LogP contribution >= 0.6 is 0 Å². The van der Waals surface area contributed by atoms with Crippen LogP contribution in [0.15, 0.2) is 30.9 Å². The van der Waals surface area contributed by atoms with E-state index in [0.29, 0.717) is 0 Å². The van der Waals surface area contributed by atoms with Gasteiger partial charge >= 0.3 is 0 Å². The molecular weight excluding hydrogens is 198 g/mol. The summed E-state index contributed by atoms with van der Waals surface area (Å²) in [4.78, 5) is 11.2. The van der Waals surface area contributed by atoms with Gasteiger partial charge in [0, 0.05) is 0 Å². The molecule has 0 aromatic heterocycles. The topological polar surface area (TPSA) is 29.1 Å². The van der Waals surface area contributed by atoms with Crippen LogP contribution < -0.4 is 5.32 Å². The highest BCUT2D eigenvalue weighted by Crippen LogP contribution is 2.25. The van der Waals surface area contributed by atoms with Crippen LogP contribution in [0.25, 0.3) is 0 Å². The van der Waals surface area contributed by atoms with Gasteiger partial charge in [-0.2, -0.15) is 0 Å². The third-order valence-electron chi connectivity index (χ3n) is 3.17. The van der Waals surface area contributed by atoms with Gasteiger partial charge < -0.3 is 5.32 Å². The quantitative estimate of drug-likeness (QED) is 0.771. The van der Waals surface area contributed by atoms with Gasteiger partial charge in [-0.05, 0) is 49.0 Å². The summed E-state index contributed by atoms with van der Waals surface area (Å²) in [5.41, 5.74) is 4.08. The monoisotopic (exact) mass is 215 g/mol. The number of fused-ring (bicyclic) bond motifs is 1. The molecule has 0 radical (unpaired) electrons. The maximum absolute atomic E-state index is 11.2. The molecule has 2 rings (SSSR count). The van der Waals surface area contributed by atoms with Gasteiger partial charge in [0.2, 0.25) is 5.91 Å². The van der Waals surface area contributed by atoms with Crippen LogP contribution in [-0.4, -0.2) is 5.91 Å². The summed E-state index contributed by atoms with van der Waals surface area (Å²) >= 11 is 0. The molecule has 0 bridgehead atoms. The first-order valence-electron chi connectivity index (χ1n) is 5.75. The molecule has 16 heavy (non-hydrogen) atoms. The van der Waals surface area contributed by atoms with Crippen LogP contribution in [0.1, 0.15) is 36.1 Å². The second kappa shape index (κ2) is 4.52. The van der Waals surface area contributed by atoms with Gasteiger partial charge in [0.05, 0.1) is 6.04 Å². The number of hydrogen-bond acceptors (Lipinski definition) is 1. The first-order chi connectivity index (χ1) is 7.70. The minimum Gasteiger partial charge on any atom is -0.346 e. The van der Waals surface area contributed by atoms with E-state index in [1.807, 2.05) is 6.92 Å². The number of nitrogens with one attached hydrogen (secondary N) is 1. The fourth-order valence-electron chi connectivity index (χ4n) is 2.22. The number of carbonyl (C=O) groups is 1. The van der Waals surface area contributed by atoms with Gasteiger partial charge in [0.15, 0.2) is 0 Å². The molecule has 1 aliphatic carbocycles. The summed E-state index contributed by atoms with van der Waals surface area (Å²) in [6, 6.07) is 6.57. The molecule has 0 saturated heterocycles. The smallest absolute Gasteiger partial charge is 0.243 e. The van der Waals surface area contributed by atoms with Crippen molar-refractivity contribution in [2.24, 2.45) is 0 Å². The molecule has 0 saturated carbocycles. The second-order valence-corrected chi connectivity index (χ2v) is 4.32. The van der Waals surface area contributed by atoms with Gasteiger partial charge in [0.25, 0.3) is 0 Å². The van der Waals surface area contributed by atoms with Gasteiger partial charge in [-0.25, -0.2) is 0 Å². The highest BCUT2D eigenvalue weighted by atomic mass is 16.1. The van der Waals surface area contributed by atoms with E-state index in [1.165, 1.54) is 42.0 Å². The Hall–Kier alpha value is -1.57. The van der Waals surface area contributed by atoms with Crippen molar-refractivity contribution in [3.8, 4) is 0 Å². The Morgan fingerprint density at radius 3 is 2.94 bits per heavy atom. The predicted octanol–water partition coefficient (Wildman–Crippen LogP) is 2.54. The lowest BCUT2D eigenvalue weighted by atomic mass is 10.0. The lowest BCUT2D eigenvalue weighted by Crippen LogP contribution is -2.24. The fourth-order valence-corrected chi connectivity index (χ4v) is 2.22. The van der Waals surface area contributed by atoms with E-state index in [-0.39, 0.29) is 11.9 Å². The van der Waals surface area contributed by atoms with Crippen LogP contribution in [0.2, 0.25) is 0 Å². The third kappa shape index (κ3) is 2.16. The van der Waals surface area contributed by atoms with Gasteiger partial charge in [-0.15, -0.1) is 0 Å². The molecule has 2 nitrogen and oxygen atoms in total. The van der Waals surface area contributed by atoms with Crippen LogP contribution in [0, 0.1) is 0 Å². The molecule has 1 atom stereocenters. The Kier molecular flexibility index (Phi) is 3.09. The molecule has 1 aliphatic rings. The maximum Gasteiger partial charge on any atom is 0.243 e. The molecule has 2 heteroatoms. The van der Waals surface area contributed by atoms with Crippen molar-refractivity contribution in [1.29, 1.82) is 0 Å². The Bertz CT molecular complexity index is 423. The minimum absolute atomic E-state index is 0.0522. The molecule has 1 aromatic rings. The van der Waals surface area contributed by atoms with Gasteiger partial charge in [-0.1, -0.05) is 24.8 Å². The summed E-state index contributed by atoms with van der Waals surface area (Å²) in [6.07, 6.45) is 4.93. The van der Waals surface area contributed by atoms with Crippen molar-refractivity contribution >= 4 is 5.91 Å². The lowest BCUT2D eigenvalue weighted by Gasteiger charge is -2.14. The maximum atomic E-state index is 11.2. The van der Waals surface area contributed by atoms with E-state index in [2.05, 4.69) is 30.1 Å².